The Morgan fingerprint density at radius 1 is 1.08 bits per heavy atom. The molecule has 0 saturated heterocycles. The van der Waals surface area contributed by atoms with Gasteiger partial charge in [-0.25, -0.2) is 0 Å². The lowest BCUT2D eigenvalue weighted by atomic mass is 10.1. The van der Waals surface area contributed by atoms with Gasteiger partial charge in [0.1, 0.15) is 0 Å². The average molecular weight is 420 g/mol. The quantitative estimate of drug-likeness (QED) is 0.598. The van der Waals surface area contributed by atoms with Crippen molar-refractivity contribution in [3.8, 4) is 11.5 Å². The number of benzene rings is 1. The van der Waals surface area contributed by atoms with Crippen molar-refractivity contribution in [2.45, 2.75) is 23.7 Å². The van der Waals surface area contributed by atoms with E-state index in [0.717, 1.165) is 25.2 Å². The molecule has 1 unspecified atom stereocenters. The zero-order valence-electron chi connectivity index (χ0n) is 14.4. The van der Waals surface area contributed by atoms with Gasteiger partial charge in [0.25, 0.3) is 0 Å². The Morgan fingerprint density at radius 3 is 2.12 bits per heavy atom. The first-order valence-electron chi connectivity index (χ1n) is 7.61. The molecule has 0 heterocycles. The molecule has 4 nitrogen and oxygen atoms in total. The fourth-order valence-electron chi connectivity index (χ4n) is 2.36. The van der Waals surface area contributed by atoms with Gasteiger partial charge in [-0.05, 0) is 30.8 Å². The van der Waals surface area contributed by atoms with E-state index in [2.05, 4.69) is 24.1 Å². The van der Waals surface area contributed by atoms with E-state index in [0.29, 0.717) is 18.0 Å². The summed E-state index contributed by atoms with van der Waals surface area (Å²) in [5.41, 5.74) is 0.835. The number of nitrogens with one attached hydrogen (secondary N) is 1. The average Bonchev–Trinajstić information content (AvgIpc) is 2.53. The summed E-state index contributed by atoms with van der Waals surface area (Å²) in [5.74, 6) is 1.25. The third-order valence-corrected chi connectivity index (χ3v) is 4.39. The maximum Gasteiger partial charge on any atom is 0.209 e. The summed E-state index contributed by atoms with van der Waals surface area (Å²) in [6, 6.07) is 5.07. The van der Waals surface area contributed by atoms with Gasteiger partial charge in [0.15, 0.2) is 11.5 Å². The maximum atomic E-state index is 6.17. The first kappa shape index (κ1) is 23.9. The SMILES string of the molecule is CCN(CC)CCNC(c1ccc(OC)c(OC)c1)C(Cl)(Cl)Cl.Cl. The van der Waals surface area contributed by atoms with Crippen LogP contribution in [0.3, 0.4) is 0 Å². The number of methoxy groups -OCH3 is 2. The molecule has 1 aromatic rings. The highest BCUT2D eigenvalue weighted by Crippen LogP contribution is 2.41. The summed E-state index contributed by atoms with van der Waals surface area (Å²) < 4.78 is 9.10. The molecule has 1 rings (SSSR count). The second-order valence-electron chi connectivity index (χ2n) is 5.07. The van der Waals surface area contributed by atoms with Crippen molar-refractivity contribution in [3.05, 3.63) is 23.8 Å². The molecule has 8 heteroatoms. The van der Waals surface area contributed by atoms with Gasteiger partial charge in [-0.2, -0.15) is 0 Å². The number of hydrogen-bond acceptors (Lipinski definition) is 4. The lowest BCUT2D eigenvalue weighted by Crippen LogP contribution is -2.38. The van der Waals surface area contributed by atoms with Crippen LogP contribution in [0.4, 0.5) is 0 Å². The number of nitrogens with zero attached hydrogens (tertiary/aromatic N) is 1. The van der Waals surface area contributed by atoms with Crippen molar-refractivity contribution in [3.63, 3.8) is 0 Å². The Balaban J connectivity index is 0.00000529. The van der Waals surface area contributed by atoms with E-state index < -0.39 is 9.83 Å². The lowest BCUT2D eigenvalue weighted by Gasteiger charge is -2.28. The van der Waals surface area contributed by atoms with E-state index >= 15 is 0 Å². The second-order valence-corrected chi connectivity index (χ2v) is 7.44. The van der Waals surface area contributed by atoms with Gasteiger partial charge < -0.3 is 19.7 Å². The van der Waals surface area contributed by atoms with Crippen LogP contribution in [0.5, 0.6) is 11.5 Å². The van der Waals surface area contributed by atoms with E-state index in [1.54, 1.807) is 14.2 Å². The fourth-order valence-corrected chi connectivity index (χ4v) is 2.97. The Kier molecular flexibility index (Phi) is 11.5. The minimum absolute atomic E-state index is 0. The third-order valence-electron chi connectivity index (χ3n) is 3.74. The van der Waals surface area contributed by atoms with Crippen molar-refractivity contribution in [2.75, 3.05) is 40.4 Å². The molecular weight excluding hydrogens is 394 g/mol. The van der Waals surface area contributed by atoms with Crippen LogP contribution >= 0.6 is 47.2 Å². The van der Waals surface area contributed by atoms with Gasteiger partial charge in [-0.15, -0.1) is 12.4 Å². The van der Waals surface area contributed by atoms with E-state index in [1.807, 2.05) is 18.2 Å². The molecule has 0 amide bonds. The summed E-state index contributed by atoms with van der Waals surface area (Å²) in [5, 5.41) is 3.33. The van der Waals surface area contributed by atoms with Gasteiger partial charge in [0.05, 0.1) is 20.3 Å². The highest BCUT2D eigenvalue weighted by molar-refractivity contribution is 6.68. The van der Waals surface area contributed by atoms with Crippen molar-refractivity contribution in [1.29, 1.82) is 0 Å². The second kappa shape index (κ2) is 11.5. The largest absolute Gasteiger partial charge is 0.493 e. The molecular formula is C16H26Cl4N2O2. The van der Waals surface area contributed by atoms with Gasteiger partial charge in [-0.3, -0.25) is 0 Å². The van der Waals surface area contributed by atoms with Crippen LogP contribution in [0.2, 0.25) is 0 Å². The normalized spacial score (nSPS) is 12.7. The van der Waals surface area contributed by atoms with Crippen LogP contribution in [0.1, 0.15) is 25.5 Å². The van der Waals surface area contributed by atoms with Crippen molar-refractivity contribution >= 4 is 47.2 Å². The van der Waals surface area contributed by atoms with Crippen molar-refractivity contribution < 1.29 is 9.47 Å². The van der Waals surface area contributed by atoms with Crippen molar-refractivity contribution in [1.82, 2.24) is 10.2 Å². The molecule has 0 aliphatic rings. The summed E-state index contributed by atoms with van der Waals surface area (Å²) in [6.45, 7) is 7.85. The van der Waals surface area contributed by atoms with Gasteiger partial charge >= 0.3 is 0 Å². The Bertz CT molecular complexity index is 480. The van der Waals surface area contributed by atoms with Gasteiger partial charge in [-0.1, -0.05) is 54.7 Å². The number of likely N-dealkylation sites (N-methyl/N-ethyl adjacent to an activating group) is 1. The van der Waals surface area contributed by atoms with E-state index in [4.69, 9.17) is 44.3 Å². The molecule has 140 valence electrons. The topological polar surface area (TPSA) is 33.7 Å². The molecule has 1 aromatic carbocycles. The molecule has 0 saturated carbocycles. The molecule has 0 spiro atoms. The zero-order valence-corrected chi connectivity index (χ0v) is 17.5. The summed E-state index contributed by atoms with van der Waals surface area (Å²) in [6.07, 6.45) is 0. The predicted octanol–water partition coefficient (Wildman–Crippen LogP) is 4.47. The molecule has 1 atom stereocenters. The predicted molar refractivity (Wildman–Crippen MR) is 106 cm³/mol. The molecule has 0 bridgehead atoms. The maximum absolute atomic E-state index is 6.17. The van der Waals surface area contributed by atoms with Gasteiger partial charge in [0, 0.05) is 13.1 Å². The number of rotatable bonds is 9. The number of alkyl halides is 3. The molecule has 0 aliphatic carbocycles. The summed E-state index contributed by atoms with van der Waals surface area (Å²) >= 11 is 18.5. The third kappa shape index (κ3) is 7.03. The monoisotopic (exact) mass is 418 g/mol. The van der Waals surface area contributed by atoms with Gasteiger partial charge in [0.2, 0.25) is 3.79 Å². The Hall–Kier alpha value is -0.100. The Morgan fingerprint density at radius 2 is 1.67 bits per heavy atom. The molecule has 0 aromatic heterocycles. The summed E-state index contributed by atoms with van der Waals surface area (Å²) in [4.78, 5) is 2.30. The van der Waals surface area contributed by atoms with Crippen LogP contribution in [0.15, 0.2) is 18.2 Å². The van der Waals surface area contributed by atoms with E-state index in [-0.39, 0.29) is 12.4 Å². The molecule has 24 heavy (non-hydrogen) atoms. The van der Waals surface area contributed by atoms with E-state index in [9.17, 15) is 0 Å². The highest BCUT2D eigenvalue weighted by Gasteiger charge is 2.34. The smallest absolute Gasteiger partial charge is 0.209 e. The standard InChI is InChI=1S/C16H25Cl3N2O2.ClH/c1-5-21(6-2)10-9-20-15(16(17,18)19)12-7-8-13(22-3)14(11-12)23-4;/h7-8,11,15,20H,5-6,9-10H2,1-4H3;1H. The van der Waals surface area contributed by atoms with Crippen LogP contribution < -0.4 is 14.8 Å². The molecule has 0 fully saturated rings. The number of ether oxygens (including phenoxy) is 2. The minimum atomic E-state index is -1.47. The number of hydrogen-bond donors (Lipinski definition) is 1. The Labute approximate surface area is 166 Å². The minimum Gasteiger partial charge on any atom is -0.493 e. The van der Waals surface area contributed by atoms with Crippen molar-refractivity contribution in [2.24, 2.45) is 0 Å². The lowest BCUT2D eigenvalue weighted by molar-refractivity contribution is 0.296. The van der Waals surface area contributed by atoms with Crippen LogP contribution in [-0.4, -0.2) is 49.1 Å². The highest BCUT2D eigenvalue weighted by atomic mass is 35.6. The number of halogens is 4. The fraction of sp³-hybridized carbons (Fsp3) is 0.625. The zero-order chi connectivity index (χ0) is 17.5. The summed E-state index contributed by atoms with van der Waals surface area (Å²) in [7, 11) is 3.17. The van der Waals surface area contributed by atoms with Crippen LogP contribution in [0, 0.1) is 0 Å². The first-order valence-corrected chi connectivity index (χ1v) is 8.75. The molecule has 1 N–H and O–H groups in total. The van der Waals surface area contributed by atoms with E-state index in [1.165, 1.54) is 0 Å². The molecule has 0 aliphatic heterocycles. The van der Waals surface area contributed by atoms with Crippen LogP contribution in [0.25, 0.3) is 0 Å². The van der Waals surface area contributed by atoms with Crippen LogP contribution in [-0.2, 0) is 0 Å². The first-order chi connectivity index (χ1) is 10.9. The molecule has 0 radical (unpaired) electrons.